The molecular formula is C17H21F2N3O2S. The zero-order chi connectivity index (χ0) is 17.6. The van der Waals surface area contributed by atoms with Crippen LogP contribution in [0.1, 0.15) is 37.1 Å². The molecule has 0 bridgehead atoms. The van der Waals surface area contributed by atoms with Gasteiger partial charge in [-0.2, -0.15) is 8.78 Å². The Labute approximate surface area is 149 Å². The van der Waals surface area contributed by atoms with Gasteiger partial charge >= 0.3 is 6.61 Å². The van der Waals surface area contributed by atoms with E-state index in [1.165, 1.54) is 50.6 Å². The largest absolute Gasteiger partial charge is 0.493 e. The molecule has 3 rings (SSSR count). The highest BCUT2D eigenvalue weighted by Crippen LogP contribution is 2.32. The van der Waals surface area contributed by atoms with Crippen molar-refractivity contribution in [3.05, 3.63) is 29.6 Å². The van der Waals surface area contributed by atoms with Crippen molar-refractivity contribution in [3.8, 4) is 11.5 Å². The number of alkyl halides is 2. The molecular weight excluding hydrogens is 348 g/mol. The van der Waals surface area contributed by atoms with Crippen molar-refractivity contribution in [1.29, 1.82) is 0 Å². The summed E-state index contributed by atoms with van der Waals surface area (Å²) >= 11 is 1.49. The highest BCUT2D eigenvalue weighted by Gasteiger charge is 2.17. The Bertz CT molecular complexity index is 690. The van der Waals surface area contributed by atoms with Gasteiger partial charge in [-0.05, 0) is 23.6 Å². The Balaban J connectivity index is 1.56. The first-order chi connectivity index (χ1) is 12.1. The number of methoxy groups -OCH3 is 1. The molecule has 25 heavy (non-hydrogen) atoms. The summed E-state index contributed by atoms with van der Waals surface area (Å²) in [6.45, 7) is -2.87. The molecule has 1 aromatic heterocycles. The molecule has 1 aliphatic carbocycles. The van der Waals surface area contributed by atoms with E-state index in [4.69, 9.17) is 4.74 Å². The highest BCUT2D eigenvalue weighted by atomic mass is 32.2. The van der Waals surface area contributed by atoms with Crippen LogP contribution in [0, 0.1) is 5.92 Å². The Morgan fingerprint density at radius 1 is 1.28 bits per heavy atom. The van der Waals surface area contributed by atoms with Gasteiger partial charge in [0.25, 0.3) is 0 Å². The predicted molar refractivity (Wildman–Crippen MR) is 91.2 cm³/mol. The lowest BCUT2D eigenvalue weighted by atomic mass is 10.0. The van der Waals surface area contributed by atoms with Crippen LogP contribution in [0.3, 0.4) is 0 Å². The van der Waals surface area contributed by atoms with Gasteiger partial charge in [0.2, 0.25) is 5.16 Å². The molecule has 5 nitrogen and oxygen atoms in total. The minimum atomic E-state index is -2.87. The van der Waals surface area contributed by atoms with Crippen LogP contribution >= 0.6 is 11.8 Å². The van der Waals surface area contributed by atoms with E-state index in [0.717, 1.165) is 23.7 Å². The molecule has 1 aliphatic rings. The number of thioether (sulfide) groups is 1. The highest BCUT2D eigenvalue weighted by molar-refractivity contribution is 7.98. The number of nitrogens with one attached hydrogen (secondary N) is 1. The fraction of sp³-hybridized carbons (Fsp3) is 0.529. The maximum Gasteiger partial charge on any atom is 0.387 e. The van der Waals surface area contributed by atoms with Gasteiger partial charge < -0.3 is 9.47 Å². The van der Waals surface area contributed by atoms with E-state index in [0.29, 0.717) is 10.9 Å². The summed E-state index contributed by atoms with van der Waals surface area (Å²) in [6, 6.07) is 4.92. The van der Waals surface area contributed by atoms with Crippen molar-refractivity contribution in [2.75, 3.05) is 7.11 Å². The van der Waals surface area contributed by atoms with Gasteiger partial charge in [0, 0.05) is 12.2 Å². The van der Waals surface area contributed by atoms with Crippen LogP contribution in [0.4, 0.5) is 8.78 Å². The number of hydrogen-bond donors (Lipinski definition) is 1. The predicted octanol–water partition coefficient (Wildman–Crippen LogP) is 4.44. The molecule has 136 valence electrons. The van der Waals surface area contributed by atoms with E-state index in [-0.39, 0.29) is 11.5 Å². The van der Waals surface area contributed by atoms with Crippen molar-refractivity contribution >= 4 is 11.8 Å². The molecule has 8 heteroatoms. The number of rotatable bonds is 8. The molecule has 0 spiro atoms. The summed E-state index contributed by atoms with van der Waals surface area (Å²) in [4.78, 5) is 4.53. The molecule has 0 unspecified atom stereocenters. The number of aromatic amines is 1. The first kappa shape index (κ1) is 18.0. The molecule has 0 aliphatic heterocycles. The number of hydrogen-bond acceptors (Lipinski definition) is 5. The van der Waals surface area contributed by atoms with E-state index in [2.05, 4.69) is 19.9 Å². The van der Waals surface area contributed by atoms with Crippen LogP contribution < -0.4 is 9.47 Å². The zero-order valence-electron chi connectivity index (χ0n) is 14.0. The number of halogens is 2. The molecule has 2 aromatic rings. The Hall–Kier alpha value is -1.83. The van der Waals surface area contributed by atoms with Crippen LogP contribution in [0.15, 0.2) is 23.4 Å². The van der Waals surface area contributed by atoms with Crippen LogP contribution in [0.2, 0.25) is 0 Å². The van der Waals surface area contributed by atoms with Gasteiger partial charge in [-0.25, -0.2) is 4.98 Å². The minimum Gasteiger partial charge on any atom is -0.493 e. The summed E-state index contributed by atoms with van der Waals surface area (Å²) < 4.78 is 34.2. The molecule has 0 amide bonds. The lowest BCUT2D eigenvalue weighted by molar-refractivity contribution is -0.0512. The van der Waals surface area contributed by atoms with Crippen molar-refractivity contribution in [1.82, 2.24) is 15.2 Å². The summed E-state index contributed by atoms with van der Waals surface area (Å²) in [6.07, 6.45) is 6.13. The normalized spacial score (nSPS) is 15.0. The zero-order valence-corrected chi connectivity index (χ0v) is 14.8. The smallest absolute Gasteiger partial charge is 0.387 e. The second kappa shape index (κ2) is 8.51. The third-order valence-electron chi connectivity index (χ3n) is 4.28. The van der Waals surface area contributed by atoms with Gasteiger partial charge in [0.1, 0.15) is 5.82 Å². The number of ether oxygens (including phenoxy) is 2. The molecule has 0 saturated heterocycles. The average Bonchev–Trinajstić information content (AvgIpc) is 3.26. The third-order valence-corrected chi connectivity index (χ3v) is 5.20. The first-order valence-electron chi connectivity index (χ1n) is 8.30. The monoisotopic (exact) mass is 369 g/mol. The van der Waals surface area contributed by atoms with Crippen LogP contribution in [0.5, 0.6) is 11.5 Å². The van der Waals surface area contributed by atoms with Crippen LogP contribution in [-0.4, -0.2) is 28.9 Å². The summed E-state index contributed by atoms with van der Waals surface area (Å²) in [5.74, 6) is 2.59. The van der Waals surface area contributed by atoms with Crippen molar-refractivity contribution in [2.24, 2.45) is 5.92 Å². The van der Waals surface area contributed by atoms with Crippen LogP contribution in [-0.2, 0) is 12.2 Å². The summed E-state index contributed by atoms with van der Waals surface area (Å²) in [7, 11) is 1.43. The van der Waals surface area contributed by atoms with Crippen molar-refractivity contribution in [2.45, 2.75) is 49.6 Å². The average molecular weight is 369 g/mol. The Morgan fingerprint density at radius 2 is 2.08 bits per heavy atom. The second-order valence-corrected chi connectivity index (χ2v) is 7.01. The van der Waals surface area contributed by atoms with E-state index >= 15 is 0 Å². The number of aromatic nitrogens is 3. The van der Waals surface area contributed by atoms with Crippen molar-refractivity contribution < 1.29 is 18.3 Å². The third kappa shape index (κ3) is 5.07. The maximum atomic E-state index is 12.4. The summed E-state index contributed by atoms with van der Waals surface area (Å²) in [5.41, 5.74) is 0.922. The quantitative estimate of drug-likeness (QED) is 0.697. The van der Waals surface area contributed by atoms with Crippen molar-refractivity contribution in [3.63, 3.8) is 0 Å². The van der Waals surface area contributed by atoms with E-state index in [1.54, 1.807) is 12.1 Å². The molecule has 1 saturated carbocycles. The molecule has 1 N–H and O–H groups in total. The molecule has 1 heterocycles. The van der Waals surface area contributed by atoms with Gasteiger partial charge in [0.15, 0.2) is 11.5 Å². The topological polar surface area (TPSA) is 60.0 Å². The second-order valence-electron chi connectivity index (χ2n) is 6.07. The van der Waals surface area contributed by atoms with Gasteiger partial charge in [0.05, 0.1) is 7.11 Å². The number of benzene rings is 1. The summed E-state index contributed by atoms with van der Waals surface area (Å²) in [5, 5.41) is 7.95. The fourth-order valence-electron chi connectivity index (χ4n) is 3.06. The number of H-pyrrole nitrogens is 1. The minimum absolute atomic E-state index is 0.0306. The number of nitrogens with zero attached hydrogens (tertiary/aromatic N) is 2. The maximum absolute atomic E-state index is 12.4. The van der Waals surface area contributed by atoms with E-state index in [1.807, 2.05) is 0 Å². The van der Waals surface area contributed by atoms with Gasteiger partial charge in [-0.3, -0.25) is 5.10 Å². The molecule has 1 fully saturated rings. The SMILES string of the molecule is COc1cc(CSc2n[nH]c(CC3CCCC3)n2)ccc1OC(F)F. The fourth-order valence-corrected chi connectivity index (χ4v) is 3.82. The van der Waals surface area contributed by atoms with Crippen LogP contribution in [0.25, 0.3) is 0 Å². The molecule has 0 atom stereocenters. The Morgan fingerprint density at radius 3 is 2.80 bits per heavy atom. The van der Waals surface area contributed by atoms with Gasteiger partial charge in [-0.1, -0.05) is 43.5 Å². The van der Waals surface area contributed by atoms with E-state index < -0.39 is 6.61 Å². The lowest BCUT2D eigenvalue weighted by Crippen LogP contribution is -2.03. The molecule has 1 aromatic carbocycles. The lowest BCUT2D eigenvalue weighted by Gasteiger charge is -2.11. The Kier molecular flexibility index (Phi) is 6.12. The van der Waals surface area contributed by atoms with Gasteiger partial charge in [-0.15, -0.1) is 5.10 Å². The standard InChI is InChI=1S/C17H21F2N3O2S/c1-23-14-8-12(6-7-13(14)24-16(18)19)10-25-17-20-15(21-22-17)9-11-4-2-3-5-11/h6-8,11,16H,2-5,9-10H2,1H3,(H,20,21,22). The first-order valence-corrected chi connectivity index (χ1v) is 9.28. The van der Waals surface area contributed by atoms with E-state index in [9.17, 15) is 8.78 Å². The molecule has 0 radical (unpaired) electrons.